The average Bonchev–Trinajstić information content (AvgIpc) is 3.83. The van der Waals surface area contributed by atoms with Gasteiger partial charge in [-0.3, -0.25) is 4.99 Å². The van der Waals surface area contributed by atoms with E-state index in [1.165, 1.54) is 65.6 Å². The van der Waals surface area contributed by atoms with E-state index in [0.29, 0.717) is 0 Å². The summed E-state index contributed by atoms with van der Waals surface area (Å²) in [5.41, 5.74) is 11.1. The molecule has 3 heterocycles. The maximum absolute atomic E-state index is 6.66. The Balaban J connectivity index is 0.975. The highest BCUT2D eigenvalue weighted by molar-refractivity contribution is 6.12. The third kappa shape index (κ3) is 5.55. The first-order valence-corrected chi connectivity index (χ1v) is 20.5. The molecule has 0 aliphatic carbocycles. The predicted molar refractivity (Wildman–Crippen MR) is 246 cm³/mol. The number of amidine groups is 1. The number of rotatable bonds is 5. The molecule has 1 aliphatic rings. The Labute approximate surface area is 341 Å². The Morgan fingerprint density at radius 1 is 0.458 bits per heavy atom. The van der Waals surface area contributed by atoms with Gasteiger partial charge in [0, 0.05) is 38.7 Å². The first-order valence-electron chi connectivity index (χ1n) is 20.5. The molecule has 3 atom stereocenters. The van der Waals surface area contributed by atoms with Gasteiger partial charge in [-0.1, -0.05) is 146 Å². The molecule has 0 amide bonds. The van der Waals surface area contributed by atoms with Crippen molar-refractivity contribution in [3.8, 4) is 16.8 Å². The highest BCUT2D eigenvalue weighted by Crippen LogP contribution is 2.42. The lowest BCUT2D eigenvalue weighted by Gasteiger charge is -2.36. The highest BCUT2D eigenvalue weighted by atomic mass is 16.3. The van der Waals surface area contributed by atoms with Gasteiger partial charge in [0.05, 0.1) is 23.1 Å². The van der Waals surface area contributed by atoms with Gasteiger partial charge in [-0.15, -0.1) is 0 Å². The number of aromatic nitrogens is 1. The number of aliphatic imine (C=N–C) groups is 1. The zero-order valence-electron chi connectivity index (χ0n) is 32.5. The molecule has 9 aromatic carbocycles. The quantitative estimate of drug-likeness (QED) is 0.190. The number of para-hydroxylation sites is 1. The van der Waals surface area contributed by atoms with Crippen LogP contribution in [0.4, 0.5) is 0 Å². The number of furan rings is 1. The Kier molecular flexibility index (Phi) is 7.61. The van der Waals surface area contributed by atoms with Gasteiger partial charge in [0.1, 0.15) is 17.0 Å². The van der Waals surface area contributed by atoms with E-state index < -0.39 is 0 Å². The van der Waals surface area contributed by atoms with Crippen molar-refractivity contribution in [3.05, 3.63) is 211 Å². The van der Waals surface area contributed by atoms with Crippen molar-refractivity contribution in [2.45, 2.75) is 19.0 Å². The van der Waals surface area contributed by atoms with Crippen LogP contribution in [-0.4, -0.2) is 10.4 Å². The van der Waals surface area contributed by atoms with E-state index in [1.807, 2.05) is 0 Å². The van der Waals surface area contributed by atoms with Crippen molar-refractivity contribution in [1.82, 2.24) is 9.88 Å². The van der Waals surface area contributed by atoms with E-state index in [9.17, 15) is 0 Å². The summed E-state index contributed by atoms with van der Waals surface area (Å²) in [7, 11) is 0. The van der Waals surface area contributed by atoms with Crippen molar-refractivity contribution in [3.63, 3.8) is 0 Å². The van der Waals surface area contributed by atoms with Crippen LogP contribution in [0.1, 0.15) is 35.7 Å². The summed E-state index contributed by atoms with van der Waals surface area (Å²) in [5, 5.41) is 13.5. The predicted octanol–water partition coefficient (Wildman–Crippen LogP) is 14.1. The standard InChI is InChI=1S/C55H39N3O/c1-34-53(41-21-19-36-13-5-7-15-38(36)29-41)56-55(57-54(34)42-22-20-37-14-6-8-16-39(37)30-42)43-24-27-47-48-33-44(25-28-51(48)59-52(47)32-43)58-49-18-10-9-17-45(49)46-26-23-40(31-50(46)58)35-11-3-2-4-12-35/h2-34,53-54H,1H3,(H,56,57). The number of nitrogens with one attached hydrogen (secondary N) is 1. The lowest BCUT2D eigenvalue weighted by molar-refractivity contribution is 0.348. The fourth-order valence-electron chi connectivity index (χ4n) is 9.58. The van der Waals surface area contributed by atoms with Crippen molar-refractivity contribution in [2.75, 3.05) is 0 Å². The first-order chi connectivity index (χ1) is 29.1. The number of nitrogens with zero attached hydrogens (tertiary/aromatic N) is 2. The van der Waals surface area contributed by atoms with E-state index in [2.05, 4.69) is 211 Å². The van der Waals surface area contributed by atoms with Crippen molar-refractivity contribution >= 4 is 71.1 Å². The van der Waals surface area contributed by atoms with Crippen LogP contribution in [0.25, 0.3) is 82.1 Å². The molecule has 3 unspecified atom stereocenters. The second kappa shape index (κ2) is 13.3. The number of hydrogen-bond acceptors (Lipinski definition) is 3. The van der Waals surface area contributed by atoms with Gasteiger partial charge >= 0.3 is 0 Å². The molecule has 12 rings (SSSR count). The van der Waals surface area contributed by atoms with Gasteiger partial charge in [-0.25, -0.2) is 0 Å². The number of fused-ring (bicyclic) bond motifs is 8. The minimum absolute atomic E-state index is 0.0464. The molecule has 4 nitrogen and oxygen atoms in total. The van der Waals surface area contributed by atoms with E-state index >= 15 is 0 Å². The van der Waals surface area contributed by atoms with Crippen LogP contribution in [0.15, 0.2) is 204 Å². The molecule has 0 radical (unpaired) electrons. The molecule has 0 bridgehead atoms. The molecule has 1 N–H and O–H groups in total. The first kappa shape index (κ1) is 33.7. The monoisotopic (exact) mass is 757 g/mol. The molecule has 4 heteroatoms. The van der Waals surface area contributed by atoms with Gasteiger partial charge in [0.2, 0.25) is 0 Å². The Morgan fingerprint density at radius 2 is 1.12 bits per heavy atom. The van der Waals surface area contributed by atoms with Gasteiger partial charge in [0.15, 0.2) is 0 Å². The lowest BCUT2D eigenvalue weighted by atomic mass is 9.82. The highest BCUT2D eigenvalue weighted by Gasteiger charge is 2.34. The molecular formula is C55H39N3O. The SMILES string of the molecule is CC1C(c2ccc3ccccc3c2)N=C(c2ccc3c(c2)oc2ccc(-n4c5ccccc5c5ccc(-c6ccccc6)cc54)cc23)NC1c1ccc2ccccc2c1. The molecule has 280 valence electrons. The maximum atomic E-state index is 6.66. The average molecular weight is 758 g/mol. The second-order valence-electron chi connectivity index (χ2n) is 16.1. The van der Waals surface area contributed by atoms with Gasteiger partial charge in [-0.2, -0.15) is 0 Å². The molecule has 0 spiro atoms. The van der Waals surface area contributed by atoms with Crippen LogP contribution in [0, 0.1) is 5.92 Å². The smallest absolute Gasteiger partial charge is 0.136 e. The Hall–Kier alpha value is -7.43. The van der Waals surface area contributed by atoms with E-state index in [-0.39, 0.29) is 18.0 Å². The van der Waals surface area contributed by atoms with E-state index in [4.69, 9.17) is 9.41 Å². The third-order valence-corrected chi connectivity index (χ3v) is 12.6. The molecule has 2 aromatic heterocycles. The van der Waals surface area contributed by atoms with Gasteiger partial charge in [-0.05, 0) is 98.4 Å². The fourth-order valence-corrected chi connectivity index (χ4v) is 9.58. The lowest BCUT2D eigenvalue weighted by Crippen LogP contribution is -2.40. The summed E-state index contributed by atoms with van der Waals surface area (Å²) in [6.45, 7) is 2.33. The molecule has 0 saturated carbocycles. The van der Waals surface area contributed by atoms with E-state index in [0.717, 1.165) is 39.0 Å². The van der Waals surface area contributed by atoms with Crippen molar-refractivity contribution in [2.24, 2.45) is 10.9 Å². The number of benzene rings is 9. The molecular weight excluding hydrogens is 719 g/mol. The van der Waals surface area contributed by atoms with Crippen LogP contribution in [0.5, 0.6) is 0 Å². The summed E-state index contributed by atoms with van der Waals surface area (Å²) >= 11 is 0. The van der Waals surface area contributed by atoms with Crippen LogP contribution in [0.2, 0.25) is 0 Å². The minimum atomic E-state index is -0.0464. The molecule has 11 aromatic rings. The third-order valence-electron chi connectivity index (χ3n) is 12.6. The Bertz CT molecular complexity index is 3460. The molecule has 0 saturated heterocycles. The minimum Gasteiger partial charge on any atom is -0.456 e. The molecule has 1 aliphatic heterocycles. The summed E-state index contributed by atoms with van der Waals surface area (Å²) < 4.78 is 9.05. The summed E-state index contributed by atoms with van der Waals surface area (Å²) in [6, 6.07) is 70.1. The zero-order valence-corrected chi connectivity index (χ0v) is 32.5. The second-order valence-corrected chi connectivity index (χ2v) is 16.1. The van der Waals surface area contributed by atoms with Crippen LogP contribution < -0.4 is 5.32 Å². The van der Waals surface area contributed by atoms with Gasteiger partial charge in [0.25, 0.3) is 0 Å². The summed E-state index contributed by atoms with van der Waals surface area (Å²) in [5.74, 6) is 1.07. The zero-order chi connectivity index (χ0) is 39.0. The molecule has 0 fully saturated rings. The number of hydrogen-bond donors (Lipinski definition) is 1. The fraction of sp³-hybridized carbons (Fsp3) is 0.0727. The van der Waals surface area contributed by atoms with Crippen molar-refractivity contribution in [1.29, 1.82) is 0 Å². The van der Waals surface area contributed by atoms with Gasteiger partial charge < -0.3 is 14.3 Å². The van der Waals surface area contributed by atoms with Crippen LogP contribution >= 0.6 is 0 Å². The van der Waals surface area contributed by atoms with Crippen LogP contribution in [-0.2, 0) is 0 Å². The summed E-state index contributed by atoms with van der Waals surface area (Å²) in [6.07, 6.45) is 0. The largest absolute Gasteiger partial charge is 0.456 e. The Morgan fingerprint density at radius 3 is 1.93 bits per heavy atom. The van der Waals surface area contributed by atoms with Crippen LogP contribution in [0.3, 0.4) is 0 Å². The van der Waals surface area contributed by atoms with Crippen molar-refractivity contribution < 1.29 is 4.42 Å². The topological polar surface area (TPSA) is 42.5 Å². The summed E-state index contributed by atoms with van der Waals surface area (Å²) in [4.78, 5) is 5.50. The van der Waals surface area contributed by atoms with E-state index in [1.54, 1.807) is 0 Å². The maximum Gasteiger partial charge on any atom is 0.136 e. The normalized spacial score (nSPS) is 17.0. The molecule has 59 heavy (non-hydrogen) atoms.